The molecule has 29 heavy (non-hydrogen) atoms. The number of aliphatic imine (C=N–C) groups is 1. The second kappa shape index (κ2) is 11.1. The summed E-state index contributed by atoms with van der Waals surface area (Å²) in [5, 5.41) is 6.96. The lowest BCUT2D eigenvalue weighted by atomic mass is 9.98. The van der Waals surface area contributed by atoms with Gasteiger partial charge in [0.1, 0.15) is 11.5 Å². The van der Waals surface area contributed by atoms with Crippen molar-refractivity contribution < 1.29 is 4.79 Å². The maximum Gasteiger partial charge on any atom is 0.269 e. The van der Waals surface area contributed by atoms with E-state index in [2.05, 4.69) is 25.6 Å². The highest BCUT2D eigenvalue weighted by Crippen LogP contribution is 2.35. The Bertz CT molecular complexity index is 873. The van der Waals surface area contributed by atoms with E-state index in [1.54, 1.807) is 18.5 Å². The number of carbonyl (C=O) groups excluding carboxylic acids is 1. The minimum absolute atomic E-state index is 0.129. The average Bonchev–Trinajstić information content (AvgIpc) is 3.18. The van der Waals surface area contributed by atoms with Gasteiger partial charge in [-0.25, -0.2) is 9.98 Å². The van der Waals surface area contributed by atoms with Crippen LogP contribution in [0.4, 0.5) is 5.13 Å². The number of hydrogen-bond acceptors (Lipinski definition) is 7. The van der Waals surface area contributed by atoms with E-state index in [1.165, 1.54) is 23.1 Å². The molecule has 9 heteroatoms. The Kier molecular flexibility index (Phi) is 8.21. The van der Waals surface area contributed by atoms with Crippen molar-refractivity contribution in [2.75, 3.05) is 19.6 Å². The molecule has 1 saturated heterocycles. The fraction of sp³-hybridized carbons (Fsp3) is 0.400. The molecule has 1 aliphatic rings. The lowest BCUT2D eigenvalue weighted by molar-refractivity contribution is 0.0939. The van der Waals surface area contributed by atoms with Gasteiger partial charge in [-0.15, -0.1) is 0 Å². The van der Waals surface area contributed by atoms with E-state index < -0.39 is 0 Å². The molecule has 2 aromatic heterocycles. The molecule has 0 aromatic carbocycles. The van der Waals surface area contributed by atoms with Crippen LogP contribution >= 0.6 is 23.1 Å². The van der Waals surface area contributed by atoms with Gasteiger partial charge in [-0.3, -0.25) is 9.78 Å². The number of amides is 1. The van der Waals surface area contributed by atoms with Crippen LogP contribution in [0.15, 0.2) is 50.8 Å². The van der Waals surface area contributed by atoms with Gasteiger partial charge in [0, 0.05) is 17.6 Å². The molecule has 0 saturated carbocycles. The first-order chi connectivity index (χ1) is 14.1. The van der Waals surface area contributed by atoms with E-state index in [0.29, 0.717) is 29.1 Å². The summed E-state index contributed by atoms with van der Waals surface area (Å²) < 4.78 is 0.975. The number of aromatic nitrogens is 2. The topological polar surface area (TPSA) is 105 Å². The molecule has 4 N–H and O–H groups in total. The van der Waals surface area contributed by atoms with Gasteiger partial charge in [-0.05, 0) is 56.5 Å². The van der Waals surface area contributed by atoms with Crippen molar-refractivity contribution in [3.63, 3.8) is 0 Å². The zero-order valence-electron chi connectivity index (χ0n) is 16.4. The highest BCUT2D eigenvalue weighted by Gasteiger charge is 2.15. The lowest BCUT2D eigenvalue weighted by Gasteiger charge is -2.22. The van der Waals surface area contributed by atoms with Crippen LogP contribution in [0, 0.1) is 5.92 Å². The Labute approximate surface area is 179 Å². The second-order valence-electron chi connectivity index (χ2n) is 6.69. The summed E-state index contributed by atoms with van der Waals surface area (Å²) >= 11 is 2.99. The molecular weight excluding hydrogens is 404 g/mol. The summed E-state index contributed by atoms with van der Waals surface area (Å²) in [7, 11) is 0. The zero-order chi connectivity index (χ0) is 20.5. The van der Waals surface area contributed by atoms with E-state index in [0.717, 1.165) is 41.5 Å². The molecule has 0 radical (unpaired) electrons. The quantitative estimate of drug-likeness (QED) is 0.438. The van der Waals surface area contributed by atoms with Crippen molar-refractivity contribution in [3.8, 4) is 0 Å². The third-order valence-electron chi connectivity index (χ3n) is 4.41. The van der Waals surface area contributed by atoms with E-state index in [-0.39, 0.29) is 5.91 Å². The van der Waals surface area contributed by atoms with Gasteiger partial charge in [0.2, 0.25) is 5.13 Å². The van der Waals surface area contributed by atoms with Crippen LogP contribution in [0.1, 0.15) is 36.7 Å². The normalized spacial score (nSPS) is 15.7. The van der Waals surface area contributed by atoms with Gasteiger partial charge < -0.3 is 16.4 Å². The standard InChI is InChI=1S/C20H26N6OS2/c1-2-3-4-17(21)26-20-25-13-18(29-20)28-15-7-10-23-16(11-15)19(27)24-12-14-5-8-22-9-6-14/h3-4,7,10-11,13-14,22H,2,5-6,8-9,12H2,1H3,(H,24,27)(H2,21,25,26)/b4-3-. The third kappa shape index (κ3) is 6.95. The molecule has 0 unspecified atom stereocenters. The number of thiazole rings is 1. The van der Waals surface area contributed by atoms with Crippen LogP contribution in [0.2, 0.25) is 0 Å². The van der Waals surface area contributed by atoms with E-state index >= 15 is 0 Å². The van der Waals surface area contributed by atoms with Gasteiger partial charge in [0.15, 0.2) is 0 Å². The summed E-state index contributed by atoms with van der Waals surface area (Å²) in [6.07, 6.45) is 10.3. The maximum atomic E-state index is 12.5. The first-order valence-corrected chi connectivity index (χ1v) is 11.4. The SMILES string of the molecule is CC/C=C\C(N)=N/c1ncc(Sc2ccnc(C(=O)NCC3CCNCC3)c2)s1. The Morgan fingerprint density at radius 1 is 1.45 bits per heavy atom. The van der Waals surface area contributed by atoms with Gasteiger partial charge in [-0.2, -0.15) is 0 Å². The summed E-state index contributed by atoms with van der Waals surface area (Å²) in [6.45, 7) is 4.78. The average molecular weight is 431 g/mol. The predicted molar refractivity (Wildman–Crippen MR) is 119 cm³/mol. The predicted octanol–water partition coefficient (Wildman–Crippen LogP) is 3.37. The van der Waals surface area contributed by atoms with Crippen LogP contribution in [-0.4, -0.2) is 41.3 Å². The molecule has 0 bridgehead atoms. The van der Waals surface area contributed by atoms with Gasteiger partial charge in [0.25, 0.3) is 5.91 Å². The minimum Gasteiger partial charge on any atom is -0.384 e. The largest absolute Gasteiger partial charge is 0.384 e. The summed E-state index contributed by atoms with van der Waals surface area (Å²) in [6, 6.07) is 3.69. The fourth-order valence-corrected chi connectivity index (χ4v) is 4.72. The Balaban J connectivity index is 1.58. The zero-order valence-corrected chi connectivity index (χ0v) is 18.1. The molecule has 0 aliphatic carbocycles. The Morgan fingerprint density at radius 2 is 2.28 bits per heavy atom. The summed E-state index contributed by atoms with van der Waals surface area (Å²) in [5.41, 5.74) is 6.29. The molecule has 1 aliphatic heterocycles. The highest BCUT2D eigenvalue weighted by molar-refractivity contribution is 8.01. The first kappa shape index (κ1) is 21.5. The molecule has 0 spiro atoms. The molecule has 3 rings (SSSR count). The fourth-order valence-electron chi connectivity index (χ4n) is 2.86. The van der Waals surface area contributed by atoms with Gasteiger partial charge in [-0.1, -0.05) is 36.1 Å². The molecule has 7 nitrogen and oxygen atoms in total. The maximum absolute atomic E-state index is 12.5. The Morgan fingerprint density at radius 3 is 3.07 bits per heavy atom. The third-order valence-corrected chi connectivity index (χ3v) is 6.40. The van der Waals surface area contributed by atoms with Crippen LogP contribution in [0.5, 0.6) is 0 Å². The monoisotopic (exact) mass is 430 g/mol. The number of rotatable bonds is 8. The molecule has 1 fully saturated rings. The number of nitrogens with zero attached hydrogens (tertiary/aromatic N) is 3. The van der Waals surface area contributed by atoms with E-state index in [9.17, 15) is 4.79 Å². The van der Waals surface area contributed by atoms with Crippen LogP contribution in [-0.2, 0) is 0 Å². The van der Waals surface area contributed by atoms with Crippen molar-refractivity contribution in [3.05, 3.63) is 42.4 Å². The number of carbonyl (C=O) groups is 1. The number of nitrogens with one attached hydrogen (secondary N) is 2. The lowest BCUT2D eigenvalue weighted by Crippen LogP contribution is -2.36. The molecule has 154 valence electrons. The van der Waals surface area contributed by atoms with Crippen LogP contribution in [0.3, 0.4) is 0 Å². The highest BCUT2D eigenvalue weighted by atomic mass is 32.2. The van der Waals surface area contributed by atoms with Crippen molar-refractivity contribution in [2.24, 2.45) is 16.6 Å². The first-order valence-electron chi connectivity index (χ1n) is 9.73. The van der Waals surface area contributed by atoms with Crippen LogP contribution in [0.25, 0.3) is 0 Å². The van der Waals surface area contributed by atoms with E-state index in [4.69, 9.17) is 5.73 Å². The Hall–Kier alpha value is -2.23. The van der Waals surface area contributed by atoms with Crippen LogP contribution < -0.4 is 16.4 Å². The summed E-state index contributed by atoms with van der Waals surface area (Å²) in [5.74, 6) is 0.846. The molecule has 2 aromatic rings. The number of amidine groups is 1. The molecule has 3 heterocycles. The summed E-state index contributed by atoms with van der Waals surface area (Å²) in [4.78, 5) is 26.2. The van der Waals surface area contributed by atoms with Gasteiger partial charge >= 0.3 is 0 Å². The number of piperidine rings is 1. The number of hydrogen-bond donors (Lipinski definition) is 3. The minimum atomic E-state index is -0.129. The molecular formula is C20H26N6OS2. The van der Waals surface area contributed by atoms with Crippen molar-refractivity contribution >= 4 is 40.0 Å². The second-order valence-corrected chi connectivity index (χ2v) is 9.07. The number of pyridine rings is 1. The molecule has 1 amide bonds. The van der Waals surface area contributed by atoms with E-state index in [1.807, 2.05) is 25.1 Å². The smallest absolute Gasteiger partial charge is 0.269 e. The van der Waals surface area contributed by atoms with Crippen molar-refractivity contribution in [2.45, 2.75) is 35.3 Å². The number of nitrogens with two attached hydrogens (primary N) is 1. The van der Waals surface area contributed by atoms with Gasteiger partial charge in [0.05, 0.1) is 10.4 Å². The molecule has 0 atom stereocenters. The van der Waals surface area contributed by atoms with Crippen molar-refractivity contribution in [1.82, 2.24) is 20.6 Å². The van der Waals surface area contributed by atoms with Crippen molar-refractivity contribution in [1.29, 1.82) is 0 Å². The number of allylic oxidation sites excluding steroid dienone is 1.